The van der Waals surface area contributed by atoms with Crippen molar-refractivity contribution < 1.29 is 9.72 Å². The summed E-state index contributed by atoms with van der Waals surface area (Å²) in [5.41, 5.74) is 1.11. The normalized spacial score (nSPS) is 11.2. The Morgan fingerprint density at radius 1 is 1.05 bits per heavy atom. The van der Waals surface area contributed by atoms with Gasteiger partial charge in [0.05, 0.1) is 10.5 Å². The number of nitro benzene ring substituents is 1. The first-order valence-corrected chi connectivity index (χ1v) is 6.18. The summed E-state index contributed by atoms with van der Waals surface area (Å²) in [4.78, 5) is 22.0. The van der Waals surface area contributed by atoms with Crippen LogP contribution in [0.25, 0.3) is 11.6 Å². The molecule has 100 valence electrons. The molecule has 0 bridgehead atoms. The fraction of sp³-hybridized carbons (Fsp3) is 0. The van der Waals surface area contributed by atoms with E-state index in [1.54, 1.807) is 42.5 Å². The largest absolute Gasteiger partial charge is 0.276 e. The van der Waals surface area contributed by atoms with Crippen molar-refractivity contribution in [1.82, 2.24) is 0 Å². The van der Waals surface area contributed by atoms with Crippen LogP contribution < -0.4 is 0 Å². The summed E-state index contributed by atoms with van der Waals surface area (Å²) in [6.07, 6.45) is 1.43. The minimum atomic E-state index is -0.658. The maximum atomic E-state index is 11.6. The third kappa shape index (κ3) is 3.10. The van der Waals surface area contributed by atoms with Crippen molar-refractivity contribution in [2.75, 3.05) is 0 Å². The minimum absolute atomic E-state index is 0.0705. The van der Waals surface area contributed by atoms with Crippen LogP contribution in [0, 0.1) is 10.1 Å². The number of hydrogen-bond acceptors (Lipinski definition) is 3. The van der Waals surface area contributed by atoms with Crippen LogP contribution in [-0.2, 0) is 4.79 Å². The molecule has 0 unspecified atom stereocenters. The topological polar surface area (TPSA) is 60.2 Å². The van der Waals surface area contributed by atoms with Gasteiger partial charge < -0.3 is 0 Å². The summed E-state index contributed by atoms with van der Waals surface area (Å²) >= 11 is 5.58. The molecular formula is C15H10ClNO3. The average Bonchev–Trinajstić information content (AvgIpc) is 2.45. The van der Waals surface area contributed by atoms with E-state index in [0.717, 1.165) is 0 Å². The van der Waals surface area contributed by atoms with Crippen molar-refractivity contribution >= 4 is 34.2 Å². The van der Waals surface area contributed by atoms with Crippen LogP contribution in [0.3, 0.4) is 0 Å². The van der Waals surface area contributed by atoms with Crippen molar-refractivity contribution in [3.05, 3.63) is 75.8 Å². The summed E-state index contributed by atoms with van der Waals surface area (Å²) in [7, 11) is 0. The fourth-order valence-electron chi connectivity index (χ4n) is 1.80. The van der Waals surface area contributed by atoms with Crippen molar-refractivity contribution in [3.8, 4) is 0 Å². The number of nitro groups is 1. The zero-order valence-corrected chi connectivity index (χ0v) is 11.1. The lowest BCUT2D eigenvalue weighted by Crippen LogP contribution is -1.95. The third-order valence-electron chi connectivity index (χ3n) is 2.73. The molecule has 0 saturated carbocycles. The Bertz CT molecular complexity index is 681. The second kappa shape index (κ2) is 6.12. The van der Waals surface area contributed by atoms with Gasteiger partial charge in [-0.2, -0.15) is 0 Å². The smallest absolute Gasteiger partial charge is 0.276 e. The zero-order chi connectivity index (χ0) is 14.5. The minimum Gasteiger partial charge on any atom is -0.276 e. The van der Waals surface area contributed by atoms with Crippen LogP contribution in [0.4, 0.5) is 5.69 Å². The summed E-state index contributed by atoms with van der Waals surface area (Å²) in [6.45, 7) is 0. The monoisotopic (exact) mass is 287 g/mol. The molecule has 0 N–H and O–H groups in total. The van der Waals surface area contributed by atoms with Gasteiger partial charge in [-0.1, -0.05) is 42.5 Å². The Morgan fingerprint density at radius 2 is 1.65 bits per heavy atom. The average molecular weight is 288 g/mol. The van der Waals surface area contributed by atoms with Crippen LogP contribution in [-0.4, -0.2) is 10.2 Å². The Kier molecular flexibility index (Phi) is 4.27. The number of benzene rings is 2. The number of carbonyl (C=O) groups is 1. The lowest BCUT2D eigenvalue weighted by atomic mass is 10.0. The van der Waals surface area contributed by atoms with E-state index in [1.165, 1.54) is 12.1 Å². The molecule has 0 atom stereocenters. The van der Waals surface area contributed by atoms with Gasteiger partial charge in [-0.25, -0.2) is 0 Å². The fourth-order valence-corrected chi connectivity index (χ4v) is 1.97. The first kappa shape index (κ1) is 14.0. The van der Waals surface area contributed by atoms with Gasteiger partial charge >= 0.3 is 0 Å². The molecule has 0 heterocycles. The van der Waals surface area contributed by atoms with Crippen molar-refractivity contribution in [2.24, 2.45) is 0 Å². The van der Waals surface area contributed by atoms with Gasteiger partial charge in [-0.15, -0.1) is 0 Å². The Labute approximate surface area is 120 Å². The first-order chi connectivity index (χ1) is 9.59. The predicted octanol–water partition coefficient (Wildman–Crippen LogP) is 3.90. The standard InChI is InChI=1S/C15H10ClNO3/c16-15(18)13(11-6-2-1-3-7-11)10-12-8-4-5-9-14(12)17(19)20/h1-10H/b13-10+. The molecule has 0 aliphatic heterocycles. The Hall–Kier alpha value is -2.46. The van der Waals surface area contributed by atoms with E-state index in [0.29, 0.717) is 11.1 Å². The highest BCUT2D eigenvalue weighted by molar-refractivity contribution is 6.75. The lowest BCUT2D eigenvalue weighted by molar-refractivity contribution is -0.385. The Balaban J connectivity index is 2.56. The third-order valence-corrected chi connectivity index (χ3v) is 2.93. The molecule has 20 heavy (non-hydrogen) atoms. The van der Waals surface area contributed by atoms with Gasteiger partial charge in [0.15, 0.2) is 0 Å². The highest BCUT2D eigenvalue weighted by Gasteiger charge is 2.14. The molecule has 0 fully saturated rings. The van der Waals surface area contributed by atoms with Gasteiger partial charge in [0.2, 0.25) is 0 Å². The summed E-state index contributed by atoms with van der Waals surface area (Å²) in [6, 6.07) is 15.0. The van der Waals surface area contributed by atoms with Gasteiger partial charge in [0.25, 0.3) is 10.9 Å². The molecule has 2 aromatic rings. The summed E-state index contributed by atoms with van der Waals surface area (Å²) < 4.78 is 0. The molecule has 0 aliphatic rings. The van der Waals surface area contributed by atoms with Crippen molar-refractivity contribution in [2.45, 2.75) is 0 Å². The van der Waals surface area contributed by atoms with E-state index in [-0.39, 0.29) is 11.3 Å². The predicted molar refractivity (Wildman–Crippen MR) is 78.3 cm³/mol. The maximum absolute atomic E-state index is 11.6. The highest BCUT2D eigenvalue weighted by atomic mass is 35.5. The molecule has 5 heteroatoms. The van der Waals surface area contributed by atoms with E-state index in [2.05, 4.69) is 0 Å². The van der Waals surface area contributed by atoms with Gasteiger partial charge in [-0.3, -0.25) is 14.9 Å². The molecule has 0 aromatic heterocycles. The number of allylic oxidation sites excluding steroid dienone is 1. The summed E-state index contributed by atoms with van der Waals surface area (Å²) in [5.74, 6) is 0. The molecule has 4 nitrogen and oxygen atoms in total. The van der Waals surface area contributed by atoms with Crippen LogP contribution >= 0.6 is 11.6 Å². The van der Waals surface area contributed by atoms with Gasteiger partial charge in [0, 0.05) is 11.6 Å². The van der Waals surface area contributed by atoms with E-state index in [1.807, 2.05) is 6.07 Å². The molecule has 2 rings (SSSR count). The molecule has 2 aromatic carbocycles. The highest BCUT2D eigenvalue weighted by Crippen LogP contribution is 2.25. The number of para-hydroxylation sites is 1. The number of halogens is 1. The molecular weight excluding hydrogens is 278 g/mol. The van der Waals surface area contributed by atoms with E-state index in [9.17, 15) is 14.9 Å². The Morgan fingerprint density at radius 3 is 2.25 bits per heavy atom. The second-order valence-electron chi connectivity index (χ2n) is 4.01. The quantitative estimate of drug-likeness (QED) is 0.282. The zero-order valence-electron chi connectivity index (χ0n) is 10.3. The molecule has 0 spiro atoms. The van der Waals surface area contributed by atoms with Crippen LogP contribution in [0.1, 0.15) is 11.1 Å². The number of nitrogens with zero attached hydrogens (tertiary/aromatic N) is 1. The summed E-state index contributed by atoms with van der Waals surface area (Å²) in [5, 5.41) is 10.3. The van der Waals surface area contributed by atoms with E-state index >= 15 is 0 Å². The number of rotatable bonds is 4. The maximum Gasteiger partial charge on any atom is 0.276 e. The molecule has 0 aliphatic carbocycles. The first-order valence-electron chi connectivity index (χ1n) is 5.80. The van der Waals surface area contributed by atoms with Crippen molar-refractivity contribution in [3.63, 3.8) is 0 Å². The molecule has 0 saturated heterocycles. The van der Waals surface area contributed by atoms with Crippen molar-refractivity contribution in [1.29, 1.82) is 0 Å². The van der Waals surface area contributed by atoms with Gasteiger partial charge in [0.1, 0.15) is 0 Å². The van der Waals surface area contributed by atoms with Gasteiger partial charge in [-0.05, 0) is 29.3 Å². The molecule has 0 radical (unpaired) electrons. The van der Waals surface area contributed by atoms with E-state index in [4.69, 9.17) is 11.6 Å². The van der Waals surface area contributed by atoms with Crippen LogP contribution in [0.2, 0.25) is 0 Å². The SMILES string of the molecule is O=C(Cl)/C(=C/c1ccccc1[N+](=O)[O-])c1ccccc1. The number of carbonyl (C=O) groups excluding carboxylic acids is 1. The second-order valence-corrected chi connectivity index (χ2v) is 4.36. The van der Waals surface area contributed by atoms with E-state index < -0.39 is 10.2 Å². The number of hydrogen-bond donors (Lipinski definition) is 0. The van der Waals surface area contributed by atoms with Crippen LogP contribution in [0.5, 0.6) is 0 Å². The lowest BCUT2D eigenvalue weighted by Gasteiger charge is -2.03. The molecule has 0 amide bonds. The van der Waals surface area contributed by atoms with Crippen LogP contribution in [0.15, 0.2) is 54.6 Å².